The van der Waals surface area contributed by atoms with E-state index in [4.69, 9.17) is 9.47 Å². The summed E-state index contributed by atoms with van der Waals surface area (Å²) in [5.41, 5.74) is 4.69. The fraction of sp³-hybridized carbons (Fsp3) is 0.469. The summed E-state index contributed by atoms with van der Waals surface area (Å²) in [5.74, 6) is 0.203. The van der Waals surface area contributed by atoms with Gasteiger partial charge in [0.1, 0.15) is 11.2 Å². The van der Waals surface area contributed by atoms with E-state index in [2.05, 4.69) is 19.1 Å². The number of aryl methyl sites for hydroxylation is 2. The minimum Gasteiger partial charge on any atom is -0.444 e. The Bertz CT molecular complexity index is 1430. The summed E-state index contributed by atoms with van der Waals surface area (Å²) in [6.07, 6.45) is 1.80. The smallest absolute Gasteiger partial charge is 0.418 e. The first-order valence-electron chi connectivity index (χ1n) is 13.5. The van der Waals surface area contributed by atoms with Crippen molar-refractivity contribution in [3.8, 4) is 6.07 Å². The minimum absolute atomic E-state index is 0.0777. The van der Waals surface area contributed by atoms with Gasteiger partial charge in [-0.1, -0.05) is 18.2 Å². The molecular weight excluding hydrogens is 490 g/mol. The first-order chi connectivity index (χ1) is 18.2. The monoisotopic (exact) mass is 529 g/mol. The van der Waals surface area contributed by atoms with Crippen LogP contribution in [0.4, 0.5) is 9.59 Å². The van der Waals surface area contributed by atoms with Crippen molar-refractivity contribution in [3.63, 3.8) is 0 Å². The van der Waals surface area contributed by atoms with Crippen LogP contribution in [0.15, 0.2) is 42.6 Å². The van der Waals surface area contributed by atoms with Gasteiger partial charge in [-0.3, -0.25) is 4.57 Å². The Labute approximate surface area is 231 Å². The van der Waals surface area contributed by atoms with E-state index in [1.165, 1.54) is 0 Å². The van der Waals surface area contributed by atoms with E-state index in [1.54, 1.807) is 15.7 Å². The van der Waals surface area contributed by atoms with E-state index < -0.39 is 17.3 Å². The third kappa shape index (κ3) is 6.27. The number of hydrogen-bond acceptors (Lipinski definition) is 5. The third-order valence-electron chi connectivity index (χ3n) is 7.11. The number of carbonyl (C=O) groups excluding carboxylic acids is 2. The molecule has 0 aliphatic carbocycles. The molecule has 4 rings (SSSR count). The van der Waals surface area contributed by atoms with Gasteiger partial charge in [-0.05, 0) is 108 Å². The van der Waals surface area contributed by atoms with Crippen molar-refractivity contribution in [2.24, 2.45) is 5.92 Å². The Morgan fingerprint density at radius 1 is 0.923 bits per heavy atom. The summed E-state index contributed by atoms with van der Waals surface area (Å²) < 4.78 is 13.0. The SMILES string of the molecule is Cc1cc(C)c2c(ccn2C(=O)OC(C)(C)C)c1C[C@@H]1CN(C(=O)OC(C)(C)C)CC1c1ccc(C#N)cc1. The molecule has 2 heterocycles. The summed E-state index contributed by atoms with van der Waals surface area (Å²) >= 11 is 0. The summed E-state index contributed by atoms with van der Waals surface area (Å²) in [7, 11) is 0. The Morgan fingerprint density at radius 2 is 1.54 bits per heavy atom. The maximum absolute atomic E-state index is 13.1. The van der Waals surface area contributed by atoms with Gasteiger partial charge in [0.05, 0.1) is 17.1 Å². The molecule has 1 aromatic heterocycles. The van der Waals surface area contributed by atoms with Gasteiger partial charge >= 0.3 is 12.2 Å². The lowest BCUT2D eigenvalue weighted by Crippen LogP contribution is -2.35. The lowest BCUT2D eigenvalue weighted by molar-refractivity contribution is 0.0286. The predicted molar refractivity (Wildman–Crippen MR) is 152 cm³/mol. The van der Waals surface area contributed by atoms with Crippen molar-refractivity contribution < 1.29 is 19.1 Å². The number of nitriles is 1. The molecule has 1 unspecified atom stereocenters. The largest absolute Gasteiger partial charge is 0.444 e. The number of likely N-dealkylation sites (tertiary alicyclic amines) is 1. The molecule has 0 radical (unpaired) electrons. The highest BCUT2D eigenvalue weighted by Gasteiger charge is 2.38. The van der Waals surface area contributed by atoms with Gasteiger partial charge in [-0.2, -0.15) is 5.26 Å². The fourth-order valence-corrected chi connectivity index (χ4v) is 5.50. The molecule has 7 nitrogen and oxygen atoms in total. The number of amides is 1. The van der Waals surface area contributed by atoms with Crippen LogP contribution in [0.2, 0.25) is 0 Å². The fourth-order valence-electron chi connectivity index (χ4n) is 5.50. The van der Waals surface area contributed by atoms with Gasteiger partial charge in [0.2, 0.25) is 0 Å². The highest BCUT2D eigenvalue weighted by molar-refractivity contribution is 5.94. The summed E-state index contributed by atoms with van der Waals surface area (Å²) in [6.45, 7) is 16.4. The van der Waals surface area contributed by atoms with E-state index in [0.717, 1.165) is 39.6 Å². The average molecular weight is 530 g/mol. The summed E-state index contributed by atoms with van der Waals surface area (Å²) in [5, 5.41) is 10.3. The Balaban J connectivity index is 1.72. The van der Waals surface area contributed by atoms with Gasteiger partial charge in [0.25, 0.3) is 0 Å². The van der Waals surface area contributed by atoms with Crippen LogP contribution < -0.4 is 0 Å². The topological polar surface area (TPSA) is 84.6 Å². The quantitative estimate of drug-likeness (QED) is 0.361. The molecular formula is C32H39N3O4. The van der Waals surface area contributed by atoms with E-state index in [9.17, 15) is 14.9 Å². The van der Waals surface area contributed by atoms with Crippen LogP contribution in [0.25, 0.3) is 10.9 Å². The molecule has 0 N–H and O–H groups in total. The number of fused-ring (bicyclic) bond motifs is 1. The van der Waals surface area contributed by atoms with Crippen LogP contribution in [-0.2, 0) is 15.9 Å². The maximum Gasteiger partial charge on any atom is 0.418 e. The number of hydrogen-bond donors (Lipinski definition) is 0. The van der Waals surface area contributed by atoms with Gasteiger partial charge in [0, 0.05) is 30.6 Å². The number of nitrogens with zero attached hydrogens (tertiary/aromatic N) is 3. The molecule has 0 spiro atoms. The second-order valence-corrected chi connectivity index (χ2v) is 12.6. The summed E-state index contributed by atoms with van der Waals surface area (Å²) in [6, 6.07) is 13.9. The van der Waals surface area contributed by atoms with Crippen LogP contribution in [0, 0.1) is 31.1 Å². The Hall–Kier alpha value is -3.79. The van der Waals surface area contributed by atoms with Gasteiger partial charge in [0.15, 0.2) is 0 Å². The lowest BCUT2D eigenvalue weighted by Gasteiger charge is -2.24. The first kappa shape index (κ1) is 28.2. The standard InChI is InChI=1S/C32H39N3O4/c1-20-15-21(2)28-25(13-14-35(28)30(37)39-32(6,7)8)26(20)16-24-18-34(29(36)38-31(3,4)5)19-27(24)23-11-9-22(17-33)10-12-23/h9-15,24,27H,16,18-19H2,1-8H3/t24-,27?/m1/s1. The molecule has 3 aromatic rings. The number of carbonyl (C=O) groups is 2. The lowest BCUT2D eigenvalue weighted by atomic mass is 9.82. The number of benzene rings is 2. The van der Waals surface area contributed by atoms with E-state index in [1.807, 2.05) is 78.8 Å². The third-order valence-corrected chi connectivity index (χ3v) is 7.11. The summed E-state index contributed by atoms with van der Waals surface area (Å²) in [4.78, 5) is 27.9. The minimum atomic E-state index is -0.599. The van der Waals surface area contributed by atoms with Crippen LogP contribution in [0.3, 0.4) is 0 Å². The van der Waals surface area contributed by atoms with E-state index in [0.29, 0.717) is 18.7 Å². The molecule has 7 heteroatoms. The molecule has 2 aromatic carbocycles. The Kier molecular flexibility index (Phi) is 7.53. The zero-order valence-electron chi connectivity index (χ0n) is 24.3. The molecule has 1 amide bonds. The number of aromatic nitrogens is 1. The van der Waals surface area contributed by atoms with Gasteiger partial charge < -0.3 is 14.4 Å². The number of ether oxygens (including phenoxy) is 2. The molecule has 206 valence electrons. The Morgan fingerprint density at radius 3 is 2.13 bits per heavy atom. The van der Waals surface area contributed by atoms with Crippen LogP contribution in [0.1, 0.15) is 75.3 Å². The van der Waals surface area contributed by atoms with Crippen LogP contribution in [-0.4, -0.2) is 45.9 Å². The normalized spacial score (nSPS) is 17.8. The molecule has 1 saturated heterocycles. The van der Waals surface area contributed by atoms with Gasteiger partial charge in [-0.25, -0.2) is 9.59 Å². The zero-order valence-corrected chi connectivity index (χ0v) is 24.3. The van der Waals surface area contributed by atoms with E-state index in [-0.39, 0.29) is 17.9 Å². The molecule has 0 bridgehead atoms. The van der Waals surface area contributed by atoms with Crippen molar-refractivity contribution in [2.75, 3.05) is 13.1 Å². The van der Waals surface area contributed by atoms with Crippen molar-refractivity contribution in [2.45, 2.75) is 78.9 Å². The van der Waals surface area contributed by atoms with Crippen LogP contribution in [0.5, 0.6) is 0 Å². The maximum atomic E-state index is 13.1. The second kappa shape index (κ2) is 10.4. The first-order valence-corrected chi connectivity index (χ1v) is 13.5. The second-order valence-electron chi connectivity index (χ2n) is 12.6. The highest BCUT2D eigenvalue weighted by atomic mass is 16.6. The molecule has 1 aliphatic heterocycles. The molecule has 1 aliphatic rings. The number of rotatable bonds is 3. The molecule has 39 heavy (non-hydrogen) atoms. The molecule has 2 atom stereocenters. The van der Waals surface area contributed by atoms with Crippen LogP contribution >= 0.6 is 0 Å². The zero-order chi connectivity index (χ0) is 28.7. The van der Waals surface area contributed by atoms with Gasteiger partial charge in [-0.15, -0.1) is 0 Å². The predicted octanol–water partition coefficient (Wildman–Crippen LogP) is 7.11. The molecule has 0 saturated carbocycles. The van der Waals surface area contributed by atoms with Crippen molar-refractivity contribution >= 4 is 23.1 Å². The van der Waals surface area contributed by atoms with Crippen molar-refractivity contribution in [1.82, 2.24) is 9.47 Å². The van der Waals surface area contributed by atoms with Crippen molar-refractivity contribution in [1.29, 1.82) is 5.26 Å². The van der Waals surface area contributed by atoms with Crippen molar-refractivity contribution in [3.05, 3.63) is 70.4 Å². The average Bonchev–Trinajstić information content (AvgIpc) is 3.45. The highest BCUT2D eigenvalue weighted by Crippen LogP contribution is 2.38. The molecule has 1 fully saturated rings. The van der Waals surface area contributed by atoms with E-state index >= 15 is 0 Å².